The molecule has 0 fully saturated rings. The first-order chi connectivity index (χ1) is 35.6. The van der Waals surface area contributed by atoms with E-state index in [0.717, 1.165) is 47.3 Å². The van der Waals surface area contributed by atoms with E-state index in [1.54, 1.807) is 104 Å². The number of nitrogens with one attached hydrogen (secondary N) is 2. The van der Waals surface area contributed by atoms with Gasteiger partial charge in [0.05, 0.1) is 79.4 Å². The summed E-state index contributed by atoms with van der Waals surface area (Å²) in [5, 5.41) is 68.8. The minimum absolute atomic E-state index is 0. The Hall–Kier alpha value is -5.38. The van der Waals surface area contributed by atoms with Gasteiger partial charge in [-0.25, -0.2) is 16.8 Å². The maximum absolute atomic E-state index is 11.6. The quantitative estimate of drug-likeness (QED) is 0.0276. The predicted octanol–water partition coefficient (Wildman–Crippen LogP) is -0.373. The zero-order valence-electron chi connectivity index (χ0n) is 42.0. The van der Waals surface area contributed by atoms with Gasteiger partial charge in [-0.2, -0.15) is 29.1 Å². The Balaban J connectivity index is 0.000000391. The average Bonchev–Trinajstić information content (AvgIpc) is 3.46. The molecule has 0 aliphatic heterocycles. The number of anilines is 2. The predicted molar refractivity (Wildman–Crippen MR) is 266 cm³/mol. The first-order valence-electron chi connectivity index (χ1n) is 20.9. The summed E-state index contributed by atoms with van der Waals surface area (Å²) in [6, 6.07) is 41.4. The van der Waals surface area contributed by atoms with E-state index in [-0.39, 0.29) is 98.1 Å². The van der Waals surface area contributed by atoms with Crippen LogP contribution in [0.25, 0.3) is 21.5 Å². The minimum Gasteiger partial charge on any atom is -0.744 e. The maximum atomic E-state index is 11.6. The van der Waals surface area contributed by atoms with Crippen molar-refractivity contribution in [2.24, 2.45) is 40.9 Å². The largest absolute Gasteiger partial charge is 1.00 e. The first-order valence-corrected chi connectivity index (χ1v) is 25.2. The van der Waals surface area contributed by atoms with Crippen LogP contribution in [0.1, 0.15) is 6.92 Å². The first kappa shape index (κ1) is 66.9. The number of carbonyl (C=O) groups excluding carboxylic acids is 1. The molecule has 8 aromatic carbocycles. The van der Waals surface area contributed by atoms with E-state index < -0.39 is 30.0 Å². The van der Waals surface area contributed by atoms with Crippen LogP contribution in [0, 0.1) is 0 Å². The molecular formula is C47H34Li4N10O13S4. The molecule has 1 amide bonds. The van der Waals surface area contributed by atoms with Crippen LogP contribution in [0.4, 0.5) is 56.9 Å². The molecule has 0 unspecified atom stereocenters. The average molecular weight is 1100 g/mol. The van der Waals surface area contributed by atoms with Crippen LogP contribution in [0.15, 0.2) is 218 Å². The van der Waals surface area contributed by atoms with E-state index >= 15 is 0 Å². The number of hydrogen-bond acceptors (Lipinski definition) is 24. The van der Waals surface area contributed by atoms with Gasteiger partial charge in [0.1, 0.15) is 20.2 Å². The van der Waals surface area contributed by atoms with Crippen LogP contribution in [0.3, 0.4) is 0 Å². The van der Waals surface area contributed by atoms with Gasteiger partial charge in [-0.05, 0) is 146 Å². The van der Waals surface area contributed by atoms with Gasteiger partial charge in [-0.1, -0.05) is 12.1 Å². The van der Waals surface area contributed by atoms with Gasteiger partial charge in [0, 0.05) is 56.7 Å². The molecule has 0 heterocycles. The Morgan fingerprint density at radius 2 is 0.782 bits per heavy atom. The summed E-state index contributed by atoms with van der Waals surface area (Å²) in [7, 11) is -7.54. The van der Waals surface area contributed by atoms with E-state index in [9.17, 15) is 41.3 Å². The van der Waals surface area contributed by atoms with Crippen LogP contribution < -0.4 is 96.6 Å². The molecule has 0 bridgehead atoms. The fourth-order valence-corrected chi connectivity index (χ4v) is 8.17. The number of benzene rings is 8. The third-order valence-corrected chi connectivity index (χ3v) is 12.7. The molecule has 23 nitrogen and oxygen atoms in total. The van der Waals surface area contributed by atoms with Gasteiger partial charge < -0.3 is 30.3 Å². The molecule has 0 aromatic heterocycles. The van der Waals surface area contributed by atoms with Crippen molar-refractivity contribution in [2.45, 2.75) is 26.5 Å². The molecule has 0 spiro atoms. The molecule has 0 saturated carbocycles. The molecule has 0 atom stereocenters. The van der Waals surface area contributed by atoms with Crippen LogP contribution >= 0.6 is 24.1 Å². The summed E-state index contributed by atoms with van der Waals surface area (Å²) in [4.78, 5) is 11.6. The van der Waals surface area contributed by atoms with E-state index in [2.05, 4.69) is 70.3 Å². The van der Waals surface area contributed by atoms with Crippen LogP contribution in [-0.2, 0) is 43.8 Å². The number of amides is 1. The van der Waals surface area contributed by atoms with Crippen molar-refractivity contribution in [1.82, 2.24) is 0 Å². The summed E-state index contributed by atoms with van der Waals surface area (Å²) in [5.41, 5.74) is 5.30. The van der Waals surface area contributed by atoms with E-state index in [4.69, 9.17) is 0 Å². The fourth-order valence-electron chi connectivity index (χ4n) is 6.46. The van der Waals surface area contributed by atoms with Crippen molar-refractivity contribution in [2.75, 3.05) is 17.7 Å². The molecule has 8 aromatic rings. The third-order valence-electron chi connectivity index (χ3n) is 9.89. The molecule has 378 valence electrons. The molecule has 31 heteroatoms. The maximum Gasteiger partial charge on any atom is 1.00 e. The third kappa shape index (κ3) is 19.5. The summed E-state index contributed by atoms with van der Waals surface area (Å²) < 4.78 is 76.8. The van der Waals surface area contributed by atoms with Crippen molar-refractivity contribution in [3.05, 3.63) is 158 Å². The smallest absolute Gasteiger partial charge is 0.744 e. The number of carbonyl (C=O) groups is 1. The van der Waals surface area contributed by atoms with Gasteiger partial charge in [0.2, 0.25) is 5.91 Å². The van der Waals surface area contributed by atoms with Gasteiger partial charge in [0.25, 0.3) is 0 Å². The Morgan fingerprint density at radius 3 is 1.19 bits per heavy atom. The molecule has 2 N–H and O–H groups in total. The van der Waals surface area contributed by atoms with Crippen molar-refractivity contribution in [3.8, 4) is 0 Å². The Bertz CT molecular complexity index is 3650. The van der Waals surface area contributed by atoms with Crippen molar-refractivity contribution < 1.29 is 135 Å². The number of fused-ring (bicyclic) bond motifs is 2. The molecular weight excluding hydrogens is 1070 g/mol. The number of hydrogen-bond donors (Lipinski definition) is 2. The molecule has 0 saturated heterocycles. The molecule has 8 rings (SSSR count). The minimum atomic E-state index is -4.74. The van der Waals surface area contributed by atoms with Crippen LogP contribution in [0.5, 0.6) is 0 Å². The van der Waals surface area contributed by atoms with Crippen LogP contribution in [-0.4, -0.2) is 38.9 Å². The summed E-state index contributed by atoms with van der Waals surface area (Å²) in [6.07, 6.45) is 0. The second-order valence-electron chi connectivity index (χ2n) is 14.8. The standard InChI is InChI=1S/C24H19N5O7S2.C23H19N5O6S2.4Li/c1-15(30)25-16-2-4-17(5-3-16)26-28-23-12-13-24(22-14-20(38-36-34-32)10-11-21(22)23)29-27-18-6-8-19(9-7-18)37-35-33-31;1-24-15-2-4-16(5-3-15)25-27-22-12-13-23(21-14-19(36(32,33)34)10-11-20(21)22)28-26-17-6-8-18(9-7-17)35(29,30)31;;;;/h2-14,31-32H,1H3,(H,25,30);2-14,24H,1H3,(H,29,30,31)(H,32,33,34);;;;/q;;4*+1/p-4. The number of rotatable bonds is 18. The van der Waals surface area contributed by atoms with Crippen molar-refractivity contribution >= 4 is 129 Å². The monoisotopic (exact) mass is 1100 g/mol. The fraction of sp³-hybridized carbons (Fsp3) is 0.0426. The van der Waals surface area contributed by atoms with Gasteiger partial charge in [0.15, 0.2) is 0 Å². The van der Waals surface area contributed by atoms with E-state index in [1.165, 1.54) is 43.3 Å². The van der Waals surface area contributed by atoms with Gasteiger partial charge in [-0.3, -0.25) is 14.9 Å². The topological polar surface area (TPSA) is 337 Å². The second kappa shape index (κ2) is 32.0. The van der Waals surface area contributed by atoms with E-state index in [1.807, 2.05) is 12.1 Å². The van der Waals surface area contributed by atoms with Crippen molar-refractivity contribution in [1.29, 1.82) is 0 Å². The van der Waals surface area contributed by atoms with Gasteiger partial charge in [-0.15, -0.1) is 20.5 Å². The number of azo groups is 4. The summed E-state index contributed by atoms with van der Waals surface area (Å²) in [5.74, 6) is -0.163. The summed E-state index contributed by atoms with van der Waals surface area (Å²) >= 11 is 1.52. The number of nitrogens with zero attached hydrogens (tertiary/aromatic N) is 8. The molecule has 0 aliphatic rings. The normalized spacial score (nSPS) is 11.4. The SMILES string of the molecule is CC(=O)Nc1ccc(N=Nc2ccc(N=Nc3ccc(SOO[O-])cc3)c3cc(SOO[O-])ccc23)cc1.CNc1ccc(N=Nc2ccc(N=Nc3ccc(S(=O)(=O)[O-])cc3)c3cc(S(=O)(=O)[O-])ccc23)cc1.[Li+].[Li+].[Li+].[Li+]. The molecule has 0 aliphatic carbocycles. The Labute approximate surface area is 502 Å². The Kier molecular flexibility index (Phi) is 27.5. The van der Waals surface area contributed by atoms with Crippen molar-refractivity contribution in [3.63, 3.8) is 0 Å². The Morgan fingerprint density at radius 1 is 0.436 bits per heavy atom. The van der Waals surface area contributed by atoms with Gasteiger partial charge >= 0.3 is 75.4 Å². The molecule has 0 radical (unpaired) electrons. The van der Waals surface area contributed by atoms with Crippen LogP contribution in [0.2, 0.25) is 0 Å². The summed E-state index contributed by atoms with van der Waals surface area (Å²) in [6.45, 7) is 1.44. The zero-order chi connectivity index (χ0) is 52.7. The molecule has 78 heavy (non-hydrogen) atoms. The zero-order valence-corrected chi connectivity index (χ0v) is 45.3. The second-order valence-corrected chi connectivity index (χ2v) is 19.1. The van der Waals surface area contributed by atoms with E-state index in [0.29, 0.717) is 60.4 Å².